The highest BCUT2D eigenvalue weighted by Crippen LogP contribution is 2.09. The van der Waals surface area contributed by atoms with Gasteiger partial charge in [-0.3, -0.25) is 9.79 Å². The van der Waals surface area contributed by atoms with Gasteiger partial charge in [0.05, 0.1) is 18.4 Å². The molecule has 0 bridgehead atoms. The Bertz CT molecular complexity index is 738. The maximum atomic E-state index is 11.6. The van der Waals surface area contributed by atoms with Crippen LogP contribution in [-0.2, 0) is 11.3 Å². The van der Waals surface area contributed by atoms with E-state index in [1.807, 2.05) is 75.2 Å². The molecule has 1 amide bonds. The number of hydrogen-bond donors (Lipinski definition) is 2. The fourth-order valence-electron chi connectivity index (χ4n) is 2.53. The van der Waals surface area contributed by atoms with Crippen LogP contribution in [-0.4, -0.2) is 53.2 Å². The van der Waals surface area contributed by atoms with Crippen LogP contribution in [0.4, 0.5) is 0 Å². The molecule has 0 atom stereocenters. The average Bonchev–Trinajstić information content (AvgIpc) is 3.13. The molecular weight excluding hydrogens is 340 g/mol. The molecule has 1 aromatic heterocycles. The molecule has 0 aliphatic carbocycles. The summed E-state index contributed by atoms with van der Waals surface area (Å²) in [5.41, 5.74) is 2.13. The largest absolute Gasteiger partial charge is 0.357 e. The van der Waals surface area contributed by atoms with Crippen LogP contribution in [0.1, 0.15) is 26.3 Å². The molecule has 1 heterocycles. The van der Waals surface area contributed by atoms with Crippen molar-refractivity contribution in [3.05, 3.63) is 48.3 Å². The molecule has 7 heteroatoms. The molecule has 0 saturated carbocycles. The highest BCUT2D eigenvalue weighted by Gasteiger charge is 2.09. The summed E-state index contributed by atoms with van der Waals surface area (Å²) in [5.74, 6) is 0.853. The fourth-order valence-corrected chi connectivity index (χ4v) is 2.53. The lowest BCUT2D eigenvalue weighted by Crippen LogP contribution is -2.39. The van der Waals surface area contributed by atoms with Crippen molar-refractivity contribution >= 4 is 11.9 Å². The summed E-state index contributed by atoms with van der Waals surface area (Å²) in [6, 6.07) is 10.0. The number of aromatic nitrogens is 2. The highest BCUT2D eigenvalue weighted by atomic mass is 16.1. The minimum Gasteiger partial charge on any atom is -0.357 e. The van der Waals surface area contributed by atoms with Crippen molar-refractivity contribution in [1.29, 1.82) is 0 Å². The molecule has 27 heavy (non-hydrogen) atoms. The quantitative estimate of drug-likeness (QED) is 0.424. The topological polar surface area (TPSA) is 74.6 Å². The standard InChI is InChI=1S/C20H30N6O/c1-5-21-20(23-12-11-22-19(27)16(2)3)25(4)14-17-13-24-26(15-17)18-9-7-6-8-10-18/h6-10,13,15-16H,5,11-12,14H2,1-4H3,(H,21,23)(H,22,27). The van der Waals surface area contributed by atoms with Crippen LogP contribution >= 0.6 is 0 Å². The molecule has 0 unspecified atom stereocenters. The number of rotatable bonds is 8. The zero-order valence-electron chi connectivity index (χ0n) is 16.6. The predicted octanol–water partition coefficient (Wildman–Crippen LogP) is 2.04. The highest BCUT2D eigenvalue weighted by molar-refractivity contribution is 5.80. The smallest absolute Gasteiger partial charge is 0.222 e. The molecule has 0 spiro atoms. The second-order valence-corrected chi connectivity index (χ2v) is 6.67. The van der Waals surface area contributed by atoms with E-state index < -0.39 is 0 Å². The van der Waals surface area contributed by atoms with Crippen LogP contribution in [0.5, 0.6) is 0 Å². The predicted molar refractivity (Wildman–Crippen MR) is 109 cm³/mol. The average molecular weight is 371 g/mol. The van der Waals surface area contributed by atoms with Crippen LogP contribution in [0.2, 0.25) is 0 Å². The lowest BCUT2D eigenvalue weighted by Gasteiger charge is -2.21. The summed E-state index contributed by atoms with van der Waals surface area (Å²) in [4.78, 5) is 18.3. The van der Waals surface area contributed by atoms with Crippen molar-refractivity contribution in [2.24, 2.45) is 10.9 Å². The minimum atomic E-state index is -0.00829. The van der Waals surface area contributed by atoms with Crippen LogP contribution in [0.25, 0.3) is 5.69 Å². The van der Waals surface area contributed by atoms with Gasteiger partial charge in [0.25, 0.3) is 0 Å². The van der Waals surface area contributed by atoms with Crippen molar-refractivity contribution < 1.29 is 4.79 Å². The third-order valence-corrected chi connectivity index (χ3v) is 3.97. The Kier molecular flexibility index (Phi) is 7.85. The van der Waals surface area contributed by atoms with Gasteiger partial charge in [0.1, 0.15) is 0 Å². The third-order valence-electron chi connectivity index (χ3n) is 3.97. The minimum absolute atomic E-state index is 0.00829. The molecule has 146 valence electrons. The van der Waals surface area contributed by atoms with E-state index in [0.717, 1.165) is 23.8 Å². The summed E-state index contributed by atoms with van der Waals surface area (Å²) in [6.45, 7) is 8.34. The number of hydrogen-bond acceptors (Lipinski definition) is 3. The molecule has 7 nitrogen and oxygen atoms in total. The SMILES string of the molecule is CCNC(=NCCNC(=O)C(C)C)N(C)Cc1cnn(-c2ccccc2)c1. The van der Waals surface area contributed by atoms with Gasteiger partial charge >= 0.3 is 0 Å². The Hall–Kier alpha value is -2.83. The van der Waals surface area contributed by atoms with Gasteiger partial charge in [-0.1, -0.05) is 32.0 Å². The van der Waals surface area contributed by atoms with Gasteiger partial charge in [-0.25, -0.2) is 4.68 Å². The van der Waals surface area contributed by atoms with E-state index in [0.29, 0.717) is 19.6 Å². The van der Waals surface area contributed by atoms with E-state index in [9.17, 15) is 4.79 Å². The lowest BCUT2D eigenvalue weighted by atomic mass is 10.2. The Morgan fingerprint density at radius 2 is 2.00 bits per heavy atom. The summed E-state index contributed by atoms with van der Waals surface area (Å²) >= 11 is 0. The molecule has 0 aliphatic heterocycles. The summed E-state index contributed by atoms with van der Waals surface area (Å²) in [5, 5.41) is 10.6. The molecule has 0 saturated heterocycles. The van der Waals surface area contributed by atoms with Crippen LogP contribution < -0.4 is 10.6 Å². The second kappa shape index (κ2) is 10.4. The molecule has 0 aliphatic rings. The van der Waals surface area contributed by atoms with E-state index >= 15 is 0 Å². The number of aliphatic imine (C=N–C) groups is 1. The van der Waals surface area contributed by atoms with Gasteiger partial charge < -0.3 is 15.5 Å². The number of para-hydroxylation sites is 1. The second-order valence-electron chi connectivity index (χ2n) is 6.67. The molecule has 2 aromatic rings. The molecule has 2 rings (SSSR count). The summed E-state index contributed by atoms with van der Waals surface area (Å²) < 4.78 is 1.87. The molecule has 0 fully saturated rings. The van der Waals surface area contributed by atoms with Gasteiger partial charge in [-0.2, -0.15) is 5.10 Å². The zero-order chi connectivity index (χ0) is 19.6. The Labute approximate surface area is 161 Å². The maximum Gasteiger partial charge on any atom is 0.222 e. The number of carbonyl (C=O) groups is 1. The van der Waals surface area contributed by atoms with Gasteiger partial charge in [0, 0.05) is 44.4 Å². The summed E-state index contributed by atoms with van der Waals surface area (Å²) in [7, 11) is 1.99. The first-order valence-electron chi connectivity index (χ1n) is 9.37. The van der Waals surface area contributed by atoms with Crippen molar-refractivity contribution in [3.8, 4) is 5.69 Å². The molecular formula is C20H30N6O. The number of amides is 1. The zero-order valence-corrected chi connectivity index (χ0v) is 16.6. The Morgan fingerprint density at radius 3 is 2.67 bits per heavy atom. The van der Waals surface area contributed by atoms with Gasteiger partial charge in [-0.05, 0) is 19.1 Å². The molecule has 1 aromatic carbocycles. The molecule has 0 radical (unpaired) electrons. The van der Waals surface area contributed by atoms with Crippen LogP contribution in [0, 0.1) is 5.92 Å². The van der Waals surface area contributed by atoms with E-state index in [1.54, 1.807) is 0 Å². The number of carbonyl (C=O) groups excluding carboxylic acids is 1. The number of benzene rings is 1. The Morgan fingerprint density at radius 1 is 1.26 bits per heavy atom. The van der Waals surface area contributed by atoms with Gasteiger partial charge in [0.15, 0.2) is 5.96 Å². The van der Waals surface area contributed by atoms with E-state index in [2.05, 4.69) is 25.6 Å². The third kappa shape index (κ3) is 6.44. The van der Waals surface area contributed by atoms with Crippen LogP contribution in [0.15, 0.2) is 47.7 Å². The number of guanidine groups is 1. The van der Waals surface area contributed by atoms with Gasteiger partial charge in [-0.15, -0.1) is 0 Å². The normalized spacial score (nSPS) is 11.5. The number of nitrogens with one attached hydrogen (secondary N) is 2. The maximum absolute atomic E-state index is 11.6. The van der Waals surface area contributed by atoms with E-state index in [1.165, 1.54) is 0 Å². The summed E-state index contributed by atoms with van der Waals surface area (Å²) in [6.07, 6.45) is 3.90. The first-order chi connectivity index (χ1) is 13.0. The van der Waals surface area contributed by atoms with Gasteiger partial charge in [0.2, 0.25) is 5.91 Å². The van der Waals surface area contributed by atoms with E-state index in [-0.39, 0.29) is 11.8 Å². The Balaban J connectivity index is 1.94. The molecule has 2 N–H and O–H groups in total. The fraction of sp³-hybridized carbons (Fsp3) is 0.450. The van der Waals surface area contributed by atoms with E-state index in [4.69, 9.17) is 0 Å². The van der Waals surface area contributed by atoms with Crippen molar-refractivity contribution in [2.45, 2.75) is 27.3 Å². The first-order valence-corrected chi connectivity index (χ1v) is 9.37. The van der Waals surface area contributed by atoms with Crippen molar-refractivity contribution in [1.82, 2.24) is 25.3 Å². The number of nitrogens with zero attached hydrogens (tertiary/aromatic N) is 4. The monoisotopic (exact) mass is 370 g/mol. The van der Waals surface area contributed by atoms with Crippen LogP contribution in [0.3, 0.4) is 0 Å². The first kappa shape index (κ1) is 20.5. The lowest BCUT2D eigenvalue weighted by molar-refractivity contribution is -0.123. The van der Waals surface area contributed by atoms with Crippen molar-refractivity contribution in [3.63, 3.8) is 0 Å². The van der Waals surface area contributed by atoms with Crippen molar-refractivity contribution in [2.75, 3.05) is 26.7 Å².